The summed E-state index contributed by atoms with van der Waals surface area (Å²) >= 11 is 0. The van der Waals surface area contributed by atoms with E-state index in [1.165, 1.54) is 25.7 Å². The first kappa shape index (κ1) is 9.25. The van der Waals surface area contributed by atoms with Gasteiger partial charge in [-0.05, 0) is 12.1 Å². The van der Waals surface area contributed by atoms with E-state index in [1.807, 2.05) is 0 Å². The van der Waals surface area contributed by atoms with Gasteiger partial charge in [-0.2, -0.15) is 4.99 Å². The van der Waals surface area contributed by atoms with Crippen molar-refractivity contribution >= 4 is 11.8 Å². The van der Waals surface area contributed by atoms with Gasteiger partial charge in [0.15, 0.2) is 0 Å². The van der Waals surface area contributed by atoms with Gasteiger partial charge in [-0.3, -0.25) is 0 Å². The molecule has 4 nitrogen and oxygen atoms in total. The van der Waals surface area contributed by atoms with E-state index in [9.17, 15) is 4.79 Å². The van der Waals surface area contributed by atoms with Gasteiger partial charge < -0.3 is 9.15 Å². The molecular weight excluding hydrogens is 170 g/mol. The van der Waals surface area contributed by atoms with Crippen LogP contribution in [0.3, 0.4) is 0 Å². The third-order valence-corrected chi connectivity index (χ3v) is 1.40. The van der Waals surface area contributed by atoms with Gasteiger partial charge in [0, 0.05) is 5.56 Å². The monoisotopic (exact) mass is 179 g/mol. The van der Waals surface area contributed by atoms with Crippen LogP contribution in [0.5, 0.6) is 0 Å². The van der Waals surface area contributed by atoms with Crippen LogP contribution in [0.4, 0.5) is 4.79 Å². The maximum absolute atomic E-state index is 10.8. The average molecular weight is 179 g/mol. The van der Waals surface area contributed by atoms with Gasteiger partial charge in [0.05, 0.1) is 25.3 Å². The van der Waals surface area contributed by atoms with E-state index in [2.05, 4.69) is 16.3 Å². The first-order valence-electron chi connectivity index (χ1n) is 3.59. The third-order valence-electron chi connectivity index (χ3n) is 1.40. The summed E-state index contributed by atoms with van der Waals surface area (Å²) in [4.78, 5) is 14.4. The lowest BCUT2D eigenvalue weighted by Crippen LogP contribution is -2.01. The van der Waals surface area contributed by atoms with E-state index in [1.54, 1.807) is 6.07 Å². The van der Waals surface area contributed by atoms with Crippen molar-refractivity contribution in [1.82, 2.24) is 0 Å². The SMILES string of the molecule is C=CC(=NC(=O)OC)c1ccoc1. The van der Waals surface area contributed by atoms with Crippen molar-refractivity contribution in [2.75, 3.05) is 7.11 Å². The zero-order valence-corrected chi connectivity index (χ0v) is 7.19. The maximum Gasteiger partial charge on any atom is 0.433 e. The standard InChI is InChI=1S/C9H9NO3/c1-3-8(10-9(11)12-2)7-4-5-13-6-7/h3-6H,1H2,2H3. The Hall–Kier alpha value is -1.84. The molecule has 0 saturated carbocycles. The number of amides is 1. The fourth-order valence-corrected chi connectivity index (χ4v) is 0.782. The van der Waals surface area contributed by atoms with Crippen molar-refractivity contribution < 1.29 is 13.9 Å². The van der Waals surface area contributed by atoms with Crippen molar-refractivity contribution in [3.05, 3.63) is 36.8 Å². The van der Waals surface area contributed by atoms with Crippen molar-refractivity contribution in [2.24, 2.45) is 4.99 Å². The Morgan fingerprint density at radius 1 is 1.77 bits per heavy atom. The highest BCUT2D eigenvalue weighted by molar-refractivity contribution is 6.11. The molecule has 1 rings (SSSR count). The Kier molecular flexibility index (Phi) is 3.03. The molecule has 0 aliphatic rings. The van der Waals surface area contributed by atoms with Crippen LogP contribution >= 0.6 is 0 Å². The number of rotatable bonds is 2. The van der Waals surface area contributed by atoms with E-state index in [-0.39, 0.29) is 0 Å². The van der Waals surface area contributed by atoms with Crippen LogP contribution in [0.25, 0.3) is 0 Å². The van der Waals surface area contributed by atoms with E-state index < -0.39 is 6.09 Å². The molecule has 0 unspecified atom stereocenters. The van der Waals surface area contributed by atoms with Crippen LogP contribution in [0.1, 0.15) is 5.56 Å². The first-order chi connectivity index (χ1) is 6.27. The Labute approximate surface area is 75.5 Å². The summed E-state index contributed by atoms with van der Waals surface area (Å²) in [5.74, 6) is 0. The van der Waals surface area contributed by atoms with E-state index in [0.717, 1.165) is 0 Å². The zero-order chi connectivity index (χ0) is 9.68. The van der Waals surface area contributed by atoms with Gasteiger partial charge in [-0.15, -0.1) is 0 Å². The fourth-order valence-electron chi connectivity index (χ4n) is 0.782. The first-order valence-corrected chi connectivity index (χ1v) is 3.59. The summed E-state index contributed by atoms with van der Waals surface area (Å²) in [5.41, 5.74) is 1.13. The second-order valence-corrected chi connectivity index (χ2v) is 2.18. The minimum atomic E-state index is -0.656. The Morgan fingerprint density at radius 3 is 3.00 bits per heavy atom. The second kappa shape index (κ2) is 4.25. The molecule has 0 saturated heterocycles. The number of furan rings is 1. The highest BCUT2D eigenvalue weighted by Gasteiger charge is 2.03. The van der Waals surface area contributed by atoms with Crippen molar-refractivity contribution in [3.63, 3.8) is 0 Å². The molecule has 68 valence electrons. The van der Waals surface area contributed by atoms with E-state index >= 15 is 0 Å². The highest BCUT2D eigenvalue weighted by Crippen LogP contribution is 2.03. The molecular formula is C9H9NO3. The zero-order valence-electron chi connectivity index (χ0n) is 7.19. The molecule has 0 aromatic carbocycles. The number of carbonyl (C=O) groups excluding carboxylic acids is 1. The predicted molar refractivity (Wildman–Crippen MR) is 47.8 cm³/mol. The van der Waals surface area contributed by atoms with Crippen LogP contribution in [0.2, 0.25) is 0 Å². The molecule has 1 heterocycles. The van der Waals surface area contributed by atoms with Crippen LogP contribution in [-0.4, -0.2) is 18.9 Å². The Balaban J connectivity index is 2.92. The van der Waals surface area contributed by atoms with Gasteiger partial charge in [0.2, 0.25) is 0 Å². The van der Waals surface area contributed by atoms with E-state index in [4.69, 9.17) is 4.42 Å². The van der Waals surface area contributed by atoms with Crippen LogP contribution in [-0.2, 0) is 4.74 Å². The lowest BCUT2D eigenvalue weighted by atomic mass is 10.2. The largest absolute Gasteiger partial charge is 0.472 e. The maximum atomic E-state index is 10.8. The number of hydrogen-bond donors (Lipinski definition) is 0. The predicted octanol–water partition coefficient (Wildman–Crippen LogP) is 2.02. The average Bonchev–Trinajstić information content (AvgIpc) is 2.66. The van der Waals surface area contributed by atoms with Crippen molar-refractivity contribution in [2.45, 2.75) is 0 Å². The van der Waals surface area contributed by atoms with Crippen LogP contribution in [0.15, 0.2) is 40.7 Å². The molecule has 1 aromatic rings. The minimum Gasteiger partial charge on any atom is -0.472 e. The Morgan fingerprint density at radius 2 is 2.54 bits per heavy atom. The smallest absolute Gasteiger partial charge is 0.433 e. The van der Waals surface area contributed by atoms with Crippen molar-refractivity contribution in [1.29, 1.82) is 0 Å². The molecule has 0 fully saturated rings. The molecule has 0 bridgehead atoms. The lowest BCUT2D eigenvalue weighted by Gasteiger charge is -1.94. The summed E-state index contributed by atoms with van der Waals surface area (Å²) in [6.07, 6.45) is 3.77. The van der Waals surface area contributed by atoms with Crippen LogP contribution < -0.4 is 0 Å². The minimum absolute atomic E-state index is 0.431. The van der Waals surface area contributed by atoms with Gasteiger partial charge in [0.1, 0.15) is 0 Å². The lowest BCUT2D eigenvalue weighted by molar-refractivity contribution is 0.182. The molecule has 0 aliphatic carbocycles. The van der Waals surface area contributed by atoms with Gasteiger partial charge in [-0.25, -0.2) is 4.79 Å². The summed E-state index contributed by atoms with van der Waals surface area (Å²) in [6.45, 7) is 3.52. The van der Waals surface area contributed by atoms with Gasteiger partial charge in [-0.1, -0.05) is 6.58 Å². The fraction of sp³-hybridized carbons (Fsp3) is 0.111. The van der Waals surface area contributed by atoms with Gasteiger partial charge >= 0.3 is 6.09 Å². The molecule has 1 aromatic heterocycles. The molecule has 0 spiro atoms. The molecule has 0 aliphatic heterocycles. The summed E-state index contributed by atoms with van der Waals surface area (Å²) < 4.78 is 9.21. The van der Waals surface area contributed by atoms with Crippen molar-refractivity contribution in [3.8, 4) is 0 Å². The van der Waals surface area contributed by atoms with Gasteiger partial charge in [0.25, 0.3) is 0 Å². The highest BCUT2D eigenvalue weighted by atomic mass is 16.5. The molecule has 0 atom stereocenters. The quantitative estimate of drug-likeness (QED) is 0.652. The summed E-state index contributed by atoms with van der Waals surface area (Å²) in [5, 5.41) is 0. The van der Waals surface area contributed by atoms with E-state index in [0.29, 0.717) is 11.3 Å². The number of carbonyl (C=O) groups is 1. The second-order valence-electron chi connectivity index (χ2n) is 2.18. The number of hydrogen-bond acceptors (Lipinski definition) is 3. The molecule has 4 heteroatoms. The normalized spacial score (nSPS) is 11.0. The topological polar surface area (TPSA) is 51.8 Å². The number of ether oxygens (including phenoxy) is 1. The Bertz CT molecular complexity index is 325. The number of methoxy groups -OCH3 is 1. The molecule has 0 radical (unpaired) electrons. The summed E-state index contributed by atoms with van der Waals surface area (Å²) in [7, 11) is 1.27. The third kappa shape index (κ3) is 2.30. The number of nitrogens with zero attached hydrogens (tertiary/aromatic N) is 1. The molecule has 0 N–H and O–H groups in total. The van der Waals surface area contributed by atoms with Crippen LogP contribution in [0, 0.1) is 0 Å². The molecule has 1 amide bonds. The molecule has 13 heavy (non-hydrogen) atoms. The number of aliphatic imine (C=N–C) groups is 1. The number of allylic oxidation sites excluding steroid dienone is 1. The summed E-state index contributed by atoms with van der Waals surface area (Å²) in [6, 6.07) is 1.68.